The van der Waals surface area contributed by atoms with E-state index in [9.17, 15) is 9.59 Å². The maximum atomic E-state index is 12.8. The minimum absolute atomic E-state index is 0.172. The Hall–Kier alpha value is -4.06. The number of carbonyl (C=O) groups excluding carboxylic acids is 2. The highest BCUT2D eigenvalue weighted by Crippen LogP contribution is 2.21. The third kappa shape index (κ3) is 5.23. The van der Waals surface area contributed by atoms with Crippen LogP contribution >= 0.6 is 11.8 Å². The molecule has 2 N–H and O–H groups in total. The predicted octanol–water partition coefficient (Wildman–Crippen LogP) is 2.39. The lowest BCUT2D eigenvalue weighted by molar-refractivity contribution is -0.113. The lowest BCUT2D eigenvalue weighted by atomic mass is 10.1. The van der Waals surface area contributed by atoms with Crippen LogP contribution in [0.3, 0.4) is 0 Å². The average Bonchev–Trinajstić information content (AvgIpc) is 3.41. The molecule has 2 amide bonds. The minimum atomic E-state index is -0.303. The second-order valence-electron chi connectivity index (χ2n) is 7.24. The highest BCUT2D eigenvalue weighted by atomic mass is 32.2. The first-order valence-electron chi connectivity index (χ1n) is 9.95. The molecule has 0 saturated carbocycles. The summed E-state index contributed by atoms with van der Waals surface area (Å²) >= 11 is 1.28. The molecule has 0 spiro atoms. The van der Waals surface area contributed by atoms with Gasteiger partial charge in [0.05, 0.1) is 11.4 Å². The molecule has 0 aliphatic heterocycles. The highest BCUT2D eigenvalue weighted by Gasteiger charge is 2.12. The van der Waals surface area contributed by atoms with Crippen LogP contribution in [0.1, 0.15) is 21.7 Å². The Morgan fingerprint density at radius 1 is 1.03 bits per heavy atom. The first kappa shape index (κ1) is 22.1. The van der Waals surface area contributed by atoms with Crippen molar-refractivity contribution in [2.75, 3.05) is 16.4 Å². The lowest BCUT2D eigenvalue weighted by Crippen LogP contribution is -2.16. The lowest BCUT2D eigenvalue weighted by Gasteiger charge is -2.11. The van der Waals surface area contributed by atoms with Crippen LogP contribution in [0, 0.1) is 13.8 Å². The Morgan fingerprint density at radius 2 is 1.85 bits per heavy atom. The number of anilines is 2. The normalized spacial score (nSPS) is 10.8. The monoisotopic (exact) mass is 463 g/mol. The summed E-state index contributed by atoms with van der Waals surface area (Å²) in [4.78, 5) is 25.1. The van der Waals surface area contributed by atoms with E-state index in [0.717, 1.165) is 11.3 Å². The van der Waals surface area contributed by atoms with Crippen molar-refractivity contribution in [3.63, 3.8) is 0 Å². The summed E-state index contributed by atoms with van der Waals surface area (Å²) in [6, 6.07) is 12.3. The number of benzene rings is 2. The van der Waals surface area contributed by atoms with Gasteiger partial charge in [-0.25, -0.2) is 0 Å². The van der Waals surface area contributed by atoms with Crippen LogP contribution in [0.25, 0.3) is 5.69 Å². The Labute approximate surface area is 193 Å². The molecule has 0 radical (unpaired) electrons. The SMILES string of the molecule is Cc1ccc(NC(=O)c2cccc(NC(=O)CSc3nncn3C)c2)cc1-n1nnnc1C. The van der Waals surface area contributed by atoms with Gasteiger partial charge in [-0.15, -0.1) is 15.3 Å². The fraction of sp³-hybridized carbons (Fsp3) is 0.190. The molecule has 0 aliphatic rings. The second kappa shape index (κ2) is 9.61. The van der Waals surface area contributed by atoms with Crippen molar-refractivity contribution in [3.8, 4) is 5.69 Å². The summed E-state index contributed by atoms with van der Waals surface area (Å²) < 4.78 is 3.35. The van der Waals surface area contributed by atoms with Gasteiger partial charge in [0.25, 0.3) is 5.91 Å². The summed E-state index contributed by atoms with van der Waals surface area (Å²) in [7, 11) is 1.81. The van der Waals surface area contributed by atoms with Gasteiger partial charge in [0, 0.05) is 24.0 Å². The maximum absolute atomic E-state index is 12.8. The van der Waals surface area contributed by atoms with E-state index in [1.807, 2.05) is 32.2 Å². The summed E-state index contributed by atoms with van der Waals surface area (Å²) in [5.41, 5.74) is 3.28. The van der Waals surface area contributed by atoms with E-state index in [0.29, 0.717) is 27.9 Å². The molecule has 0 aliphatic carbocycles. The number of rotatable bonds is 7. The molecule has 0 bridgehead atoms. The van der Waals surface area contributed by atoms with Crippen LogP contribution in [0.2, 0.25) is 0 Å². The van der Waals surface area contributed by atoms with Gasteiger partial charge in [-0.3, -0.25) is 9.59 Å². The van der Waals surface area contributed by atoms with E-state index in [1.54, 1.807) is 46.8 Å². The van der Waals surface area contributed by atoms with Gasteiger partial charge in [0.2, 0.25) is 5.91 Å². The van der Waals surface area contributed by atoms with E-state index in [4.69, 9.17) is 0 Å². The molecule has 0 unspecified atom stereocenters. The van der Waals surface area contributed by atoms with E-state index in [1.165, 1.54) is 11.8 Å². The highest BCUT2D eigenvalue weighted by molar-refractivity contribution is 7.99. The van der Waals surface area contributed by atoms with Crippen LogP contribution in [-0.2, 0) is 11.8 Å². The van der Waals surface area contributed by atoms with Crippen molar-refractivity contribution >= 4 is 35.0 Å². The van der Waals surface area contributed by atoms with Crippen LogP contribution in [0.15, 0.2) is 53.9 Å². The molecule has 2 aromatic carbocycles. The van der Waals surface area contributed by atoms with E-state index in [-0.39, 0.29) is 17.6 Å². The van der Waals surface area contributed by atoms with Crippen LogP contribution in [-0.4, -0.2) is 52.5 Å². The zero-order valence-corrected chi connectivity index (χ0v) is 19.0. The zero-order chi connectivity index (χ0) is 23.4. The number of nitrogens with one attached hydrogen (secondary N) is 2. The van der Waals surface area contributed by atoms with Crippen molar-refractivity contribution in [3.05, 3.63) is 65.7 Å². The standard InChI is InChI=1S/C21H21N9O2S/c1-13-7-8-17(10-18(13)30-14(2)25-27-28-30)24-20(32)15-5-4-6-16(9-15)23-19(31)11-33-21-26-22-12-29(21)3/h4-10,12H,11H2,1-3H3,(H,23,31)(H,24,32). The Balaban J connectivity index is 1.42. The zero-order valence-electron chi connectivity index (χ0n) is 18.2. The summed E-state index contributed by atoms with van der Waals surface area (Å²) in [5, 5.41) is 25.6. The molecule has 4 rings (SSSR count). The predicted molar refractivity (Wildman–Crippen MR) is 123 cm³/mol. The number of hydrogen-bond donors (Lipinski definition) is 2. The number of thioether (sulfide) groups is 1. The molecule has 12 heteroatoms. The Kier molecular flexibility index (Phi) is 6.45. The number of aromatic nitrogens is 7. The average molecular weight is 464 g/mol. The molecule has 2 aromatic heterocycles. The van der Waals surface area contributed by atoms with Crippen LogP contribution in [0.4, 0.5) is 11.4 Å². The van der Waals surface area contributed by atoms with Crippen molar-refractivity contribution < 1.29 is 9.59 Å². The van der Waals surface area contributed by atoms with Gasteiger partial charge in [-0.2, -0.15) is 4.68 Å². The van der Waals surface area contributed by atoms with Gasteiger partial charge >= 0.3 is 0 Å². The van der Waals surface area contributed by atoms with Crippen molar-refractivity contribution in [1.29, 1.82) is 0 Å². The van der Waals surface area contributed by atoms with Gasteiger partial charge in [-0.05, 0) is 60.2 Å². The van der Waals surface area contributed by atoms with Gasteiger partial charge < -0.3 is 15.2 Å². The number of nitrogens with zero attached hydrogens (tertiary/aromatic N) is 7. The minimum Gasteiger partial charge on any atom is -0.325 e. The number of carbonyl (C=O) groups is 2. The van der Waals surface area contributed by atoms with Crippen molar-refractivity contribution in [2.24, 2.45) is 7.05 Å². The third-order valence-corrected chi connectivity index (χ3v) is 5.77. The second-order valence-corrected chi connectivity index (χ2v) is 8.18. The first-order valence-corrected chi connectivity index (χ1v) is 10.9. The van der Waals surface area contributed by atoms with E-state index < -0.39 is 0 Å². The third-order valence-electron chi connectivity index (χ3n) is 4.73. The first-order chi connectivity index (χ1) is 15.9. The topological polar surface area (TPSA) is 133 Å². The Bertz CT molecular complexity index is 1310. The molecule has 4 aromatic rings. The molecule has 2 heterocycles. The summed E-state index contributed by atoms with van der Waals surface area (Å²) in [6.45, 7) is 3.74. The number of tetrazole rings is 1. The number of amides is 2. The molecule has 0 fully saturated rings. The smallest absolute Gasteiger partial charge is 0.255 e. The fourth-order valence-corrected chi connectivity index (χ4v) is 3.73. The van der Waals surface area contributed by atoms with Gasteiger partial charge in [0.1, 0.15) is 6.33 Å². The molecular formula is C21H21N9O2S. The van der Waals surface area contributed by atoms with Gasteiger partial charge in [0.15, 0.2) is 11.0 Å². The van der Waals surface area contributed by atoms with Gasteiger partial charge in [-0.1, -0.05) is 23.9 Å². The van der Waals surface area contributed by atoms with Crippen LogP contribution < -0.4 is 10.6 Å². The largest absolute Gasteiger partial charge is 0.325 e. The summed E-state index contributed by atoms with van der Waals surface area (Å²) in [5.74, 6) is 0.303. The number of hydrogen-bond acceptors (Lipinski definition) is 8. The molecular weight excluding hydrogens is 442 g/mol. The van der Waals surface area contributed by atoms with E-state index in [2.05, 4.69) is 36.4 Å². The fourth-order valence-electron chi connectivity index (χ4n) is 3.04. The quantitative estimate of drug-likeness (QED) is 0.399. The van der Waals surface area contributed by atoms with E-state index >= 15 is 0 Å². The molecule has 33 heavy (non-hydrogen) atoms. The molecule has 11 nitrogen and oxygen atoms in total. The summed E-state index contributed by atoms with van der Waals surface area (Å²) in [6.07, 6.45) is 1.57. The van der Waals surface area contributed by atoms with Crippen molar-refractivity contribution in [2.45, 2.75) is 19.0 Å². The maximum Gasteiger partial charge on any atom is 0.255 e. The van der Waals surface area contributed by atoms with Crippen molar-refractivity contribution in [1.82, 2.24) is 35.0 Å². The Morgan fingerprint density at radius 3 is 2.58 bits per heavy atom. The number of aryl methyl sites for hydroxylation is 3. The molecule has 0 atom stereocenters. The van der Waals surface area contributed by atoms with Crippen LogP contribution in [0.5, 0.6) is 0 Å². The molecule has 168 valence electrons. The molecule has 0 saturated heterocycles.